The smallest absolute Gasteiger partial charge is 0.410 e. The number of rotatable bonds is 53. The molecule has 0 bridgehead atoms. The summed E-state index contributed by atoms with van der Waals surface area (Å²) in [6, 6.07) is 22.7. The second-order valence-electron chi connectivity index (χ2n) is 33.1. The molecule has 2 aliphatic rings. The number of carbonyl (C=O) groups is 12. The van der Waals surface area contributed by atoms with Crippen LogP contribution < -0.4 is 47.9 Å². The van der Waals surface area contributed by atoms with Crippen LogP contribution in [-0.4, -0.2) is 211 Å². The van der Waals surface area contributed by atoms with Crippen molar-refractivity contribution in [2.75, 3.05) is 89.3 Å². The number of fused-ring (bicyclic) bond motifs is 2. The standard InChI is InChI=1S/C92H128N12O20S/c1-12-14-15-20-44-102(75(60(3)4)55-76(124-63(8)105)85-99-73(59-125-85)83(111)97-70(56-91(9,10)88(115)116)54-64-30-36-71(106)37-31-64)86(113)81(62(7)13-2)101-87(114)92(11)41-22-45-104(92)90(118)123-58-65-28-34-69(35-29-65)96-82(110)72(26-21-42-95-89(93)117)98-84(112)80(61(5)6)100-78(108)40-46-119-48-50-121-52-53-122-51-49-120-47-43-94-77(107)38-39-79(109)103-57-68-25-17-16-23-66(68)32-33-67-24-18-19-27-74(67)103/h16-19,23-25,27-31,34-37,59-62,70,72,75-76,80-81,106H,12-15,20-22,26,38-58H2,1-11H3,(H,94,107)(H,96,110)(H,97,111)(H,98,112)(H,100,108)(H,101,114)(H,115,116)(H3,93,95,117)/t62-,70-,72-,75+,76+,80-,81-,92+/m0/s1. The summed E-state index contributed by atoms with van der Waals surface area (Å²) in [6.07, 6.45) is 3.31. The second-order valence-corrected chi connectivity index (χ2v) is 34.0. The third-order valence-electron chi connectivity index (χ3n) is 22.1. The molecule has 2 aliphatic heterocycles. The van der Waals surface area contributed by atoms with E-state index < -0.39 is 113 Å². The van der Waals surface area contributed by atoms with Gasteiger partial charge in [0.05, 0.1) is 70.5 Å². The largest absolute Gasteiger partial charge is 0.508 e. The number of para-hydroxylation sites is 1. The van der Waals surface area contributed by atoms with Crippen LogP contribution in [-0.2, 0) is 91.1 Å². The Kier molecular flexibility index (Phi) is 41.5. The summed E-state index contributed by atoms with van der Waals surface area (Å²) in [7, 11) is 0. The minimum absolute atomic E-state index is 0.0143. The van der Waals surface area contributed by atoms with Crippen LogP contribution in [0.5, 0.6) is 5.75 Å². The zero-order valence-electron chi connectivity index (χ0n) is 74.0. The number of amides is 11. The minimum atomic E-state index is -1.45. The van der Waals surface area contributed by atoms with Crippen molar-refractivity contribution in [3.63, 3.8) is 0 Å². The Bertz CT molecular complexity index is 4460. The first-order valence-corrected chi connectivity index (χ1v) is 44.2. The number of hydrogen-bond donors (Lipinski definition) is 10. The van der Waals surface area contributed by atoms with Gasteiger partial charge in [0.15, 0.2) is 6.10 Å². The Morgan fingerprint density at radius 1 is 0.688 bits per heavy atom. The van der Waals surface area contributed by atoms with E-state index in [2.05, 4.69) is 56.0 Å². The molecule has 7 rings (SSSR count). The Labute approximate surface area is 737 Å². The average molecular weight is 1750 g/mol. The van der Waals surface area contributed by atoms with Gasteiger partial charge in [-0.2, -0.15) is 0 Å². The van der Waals surface area contributed by atoms with Crippen molar-refractivity contribution in [1.29, 1.82) is 0 Å². The van der Waals surface area contributed by atoms with Gasteiger partial charge in [0.25, 0.3) is 5.91 Å². The summed E-state index contributed by atoms with van der Waals surface area (Å²) in [6.45, 7) is 22.1. The van der Waals surface area contributed by atoms with Gasteiger partial charge in [-0.15, -0.1) is 11.3 Å². The van der Waals surface area contributed by atoms with Crippen molar-refractivity contribution in [2.45, 2.75) is 227 Å². The Morgan fingerprint density at radius 3 is 1.98 bits per heavy atom. The number of esters is 1. The lowest BCUT2D eigenvalue weighted by Crippen LogP contribution is -2.62. The molecule has 1 aromatic heterocycles. The van der Waals surface area contributed by atoms with Crippen LogP contribution >= 0.6 is 11.3 Å². The zero-order chi connectivity index (χ0) is 91.2. The number of anilines is 2. The van der Waals surface area contributed by atoms with E-state index in [9.17, 15) is 63.0 Å². The summed E-state index contributed by atoms with van der Waals surface area (Å²) in [5.74, 6) is 0.0871. The lowest BCUT2D eigenvalue weighted by molar-refractivity contribution is -0.150. The fraction of sp³-hybridized carbons (Fsp3) is 0.554. The number of hydrogen-bond acceptors (Lipinski definition) is 21. The van der Waals surface area contributed by atoms with Gasteiger partial charge in [0.2, 0.25) is 41.4 Å². The first-order valence-electron chi connectivity index (χ1n) is 43.3. The fourth-order valence-corrected chi connectivity index (χ4v) is 15.4. The van der Waals surface area contributed by atoms with E-state index in [0.29, 0.717) is 60.9 Å². The molecule has 11 amide bonds. The molecule has 125 heavy (non-hydrogen) atoms. The van der Waals surface area contributed by atoms with E-state index in [1.807, 2.05) is 76.2 Å². The Morgan fingerprint density at radius 2 is 1.34 bits per heavy atom. The van der Waals surface area contributed by atoms with E-state index in [-0.39, 0.29) is 165 Å². The molecule has 682 valence electrons. The normalized spacial score (nSPS) is 15.2. The van der Waals surface area contributed by atoms with Crippen molar-refractivity contribution in [3.05, 3.63) is 141 Å². The number of primary amides is 1. The van der Waals surface area contributed by atoms with Crippen molar-refractivity contribution in [2.24, 2.45) is 28.9 Å². The molecule has 1 saturated heterocycles. The highest BCUT2D eigenvalue weighted by molar-refractivity contribution is 7.09. The topological polar surface area (TPSA) is 434 Å². The minimum Gasteiger partial charge on any atom is -0.508 e. The molecule has 0 aliphatic carbocycles. The fourth-order valence-electron chi connectivity index (χ4n) is 14.6. The highest BCUT2D eigenvalue weighted by Gasteiger charge is 2.49. The quantitative estimate of drug-likeness (QED) is 0.00982. The summed E-state index contributed by atoms with van der Waals surface area (Å²) in [4.78, 5) is 172. The van der Waals surface area contributed by atoms with Gasteiger partial charge in [-0.05, 0) is 143 Å². The van der Waals surface area contributed by atoms with Crippen LogP contribution in [0.1, 0.15) is 215 Å². The maximum atomic E-state index is 15.6. The molecule has 1 fully saturated rings. The molecule has 32 nitrogen and oxygen atoms in total. The van der Waals surface area contributed by atoms with Gasteiger partial charge < -0.3 is 91.4 Å². The number of aromatic nitrogens is 1. The van der Waals surface area contributed by atoms with E-state index in [0.717, 1.165) is 52.9 Å². The SMILES string of the molecule is CCCCCCN(C(=O)[C@@H](NC(=O)[C@@]1(C)CCCN1C(=O)OCc1ccc(NC(=O)[C@H](CCCNC(N)=O)NC(=O)[C@@H](NC(=O)CCOCCOCCOCCOCCNC(=O)CCC(=O)N2Cc3ccccc3C#Cc3ccccc32)C(C)C)cc1)[C@@H](C)CC)[C@H](C[C@@H](OC(C)=O)c1nc(C(=O)N[C@@H](Cc2ccc(O)cc2)CC(C)(C)C(=O)O)cs1)C(C)C. The van der Waals surface area contributed by atoms with Crippen LogP contribution in [0.15, 0.2) is 102 Å². The van der Waals surface area contributed by atoms with Gasteiger partial charge in [-0.3, -0.25) is 52.8 Å². The van der Waals surface area contributed by atoms with Gasteiger partial charge in [0.1, 0.15) is 46.7 Å². The molecule has 8 atom stereocenters. The Balaban J connectivity index is 0.850. The number of aliphatic carboxylic acids is 1. The van der Waals surface area contributed by atoms with Crippen molar-refractivity contribution < 1.29 is 96.2 Å². The molecule has 33 heteroatoms. The van der Waals surface area contributed by atoms with Gasteiger partial charge in [0, 0.05) is 93.1 Å². The molecular formula is C92H128N12O20S. The third-order valence-corrected chi connectivity index (χ3v) is 23.0. The highest BCUT2D eigenvalue weighted by atomic mass is 32.1. The monoisotopic (exact) mass is 1750 g/mol. The maximum absolute atomic E-state index is 15.6. The van der Waals surface area contributed by atoms with E-state index in [1.165, 1.54) is 29.3 Å². The number of carboxylic acid groups (broad SMARTS) is 1. The van der Waals surface area contributed by atoms with Crippen LogP contribution in [0.25, 0.3) is 0 Å². The number of nitrogens with one attached hydrogen (secondary N) is 7. The average Bonchev–Trinajstić information content (AvgIpc) is 1.69. The highest BCUT2D eigenvalue weighted by Crippen LogP contribution is 2.36. The molecule has 0 unspecified atom stereocenters. The molecule has 5 aromatic rings. The van der Waals surface area contributed by atoms with E-state index >= 15 is 4.79 Å². The number of ether oxygens (including phenoxy) is 6. The number of phenols is 1. The third kappa shape index (κ3) is 32.8. The number of carboxylic acids is 1. The van der Waals surface area contributed by atoms with Crippen molar-refractivity contribution in [1.82, 2.24) is 46.7 Å². The lowest BCUT2D eigenvalue weighted by Gasteiger charge is -2.40. The number of unbranched alkanes of at least 4 members (excludes halogenated alkanes) is 3. The number of thiazole rings is 1. The summed E-state index contributed by atoms with van der Waals surface area (Å²) in [5, 5.41) is 41.5. The lowest BCUT2D eigenvalue weighted by atomic mass is 9.84. The number of nitrogens with zero attached hydrogens (tertiary/aromatic N) is 4. The van der Waals surface area contributed by atoms with Crippen LogP contribution in [0.2, 0.25) is 0 Å². The molecule has 0 saturated carbocycles. The van der Waals surface area contributed by atoms with Gasteiger partial charge >= 0.3 is 24.1 Å². The van der Waals surface area contributed by atoms with Crippen LogP contribution in [0.4, 0.5) is 21.0 Å². The zero-order valence-corrected chi connectivity index (χ0v) is 74.9. The second kappa shape index (κ2) is 51.4. The van der Waals surface area contributed by atoms with Crippen molar-refractivity contribution >= 4 is 94.0 Å². The van der Waals surface area contributed by atoms with Gasteiger partial charge in [-0.25, -0.2) is 14.6 Å². The predicted molar refractivity (Wildman–Crippen MR) is 472 cm³/mol. The van der Waals surface area contributed by atoms with Crippen LogP contribution in [0.3, 0.4) is 0 Å². The Hall–Kier alpha value is -11.1. The number of phenolic OH excluding ortho intramolecular Hbond substituents is 1. The summed E-state index contributed by atoms with van der Waals surface area (Å²) in [5.41, 5.74) is 7.49. The first kappa shape index (κ1) is 101. The molecular weight excluding hydrogens is 1630 g/mol. The number of benzene rings is 4. The van der Waals surface area contributed by atoms with Gasteiger partial charge in [-0.1, -0.05) is 141 Å². The van der Waals surface area contributed by atoms with Crippen LogP contribution in [0, 0.1) is 35.0 Å². The number of urea groups is 1. The molecule has 11 N–H and O–H groups in total. The number of carbonyl (C=O) groups excluding carboxylic acids is 11. The number of nitrogens with two attached hydrogens (primary N) is 1. The predicted octanol–water partition coefficient (Wildman–Crippen LogP) is 10.2. The van der Waals surface area contributed by atoms with Crippen molar-refractivity contribution in [3.8, 4) is 17.6 Å². The molecule has 3 heterocycles. The number of aromatic hydroxyl groups is 1. The van der Waals surface area contributed by atoms with E-state index in [1.54, 1.807) is 80.8 Å². The maximum Gasteiger partial charge on any atom is 0.410 e. The number of likely N-dealkylation sites (tertiary alicyclic amines) is 1. The van der Waals surface area contributed by atoms with E-state index in [4.69, 9.17) is 39.1 Å². The molecule has 0 radical (unpaired) electrons. The summed E-state index contributed by atoms with van der Waals surface area (Å²) < 4.78 is 34.3. The summed E-state index contributed by atoms with van der Waals surface area (Å²) >= 11 is 1.10. The first-order chi connectivity index (χ1) is 59.7. The molecule has 4 aromatic carbocycles. The molecule has 0 spiro atoms.